The van der Waals surface area contributed by atoms with Crippen LogP contribution in [0, 0.1) is 5.82 Å². The largest absolute Gasteiger partial charge is 0.497 e. The summed E-state index contributed by atoms with van der Waals surface area (Å²) in [6, 6.07) is 12.5. The summed E-state index contributed by atoms with van der Waals surface area (Å²) in [6.07, 6.45) is 2.39. The molecule has 2 aromatic rings. The average Bonchev–Trinajstić information content (AvgIpc) is 2.47. The van der Waals surface area contributed by atoms with E-state index in [4.69, 9.17) is 9.47 Å². The summed E-state index contributed by atoms with van der Waals surface area (Å²) in [7, 11) is 1.62. The van der Waals surface area contributed by atoms with Gasteiger partial charge in [-0.25, -0.2) is 4.39 Å². The van der Waals surface area contributed by atoms with Gasteiger partial charge >= 0.3 is 0 Å². The van der Waals surface area contributed by atoms with Gasteiger partial charge < -0.3 is 9.47 Å². The van der Waals surface area contributed by atoms with Gasteiger partial charge in [-0.2, -0.15) is 0 Å². The van der Waals surface area contributed by atoms with Gasteiger partial charge in [0.05, 0.1) is 7.11 Å². The maximum atomic E-state index is 13.8. The van der Waals surface area contributed by atoms with Crippen molar-refractivity contribution in [3.63, 3.8) is 0 Å². The molecule has 3 heteroatoms. The third-order valence-corrected chi connectivity index (χ3v) is 2.93. The molecule has 2 aromatic carbocycles. The molecule has 0 aliphatic carbocycles. The van der Waals surface area contributed by atoms with Crippen molar-refractivity contribution in [2.45, 2.75) is 13.0 Å². The molecule has 2 rings (SSSR count). The van der Waals surface area contributed by atoms with Crippen LogP contribution in [0.1, 0.15) is 11.1 Å². The maximum absolute atomic E-state index is 13.8. The van der Waals surface area contributed by atoms with Crippen molar-refractivity contribution in [3.05, 3.63) is 72.1 Å². The van der Waals surface area contributed by atoms with E-state index in [1.807, 2.05) is 30.3 Å². The number of rotatable bonds is 6. The van der Waals surface area contributed by atoms with E-state index < -0.39 is 0 Å². The second kappa shape index (κ2) is 6.75. The first kappa shape index (κ1) is 14.1. The molecule has 0 spiro atoms. The van der Waals surface area contributed by atoms with Crippen molar-refractivity contribution < 1.29 is 13.9 Å². The van der Waals surface area contributed by atoms with Crippen molar-refractivity contribution in [1.29, 1.82) is 0 Å². The van der Waals surface area contributed by atoms with Crippen molar-refractivity contribution in [2.24, 2.45) is 0 Å². The first-order valence-corrected chi connectivity index (χ1v) is 6.38. The van der Waals surface area contributed by atoms with Crippen molar-refractivity contribution in [3.8, 4) is 11.5 Å². The highest BCUT2D eigenvalue weighted by molar-refractivity contribution is 5.31. The van der Waals surface area contributed by atoms with E-state index in [0.717, 1.165) is 16.9 Å². The Hall–Kier alpha value is -2.29. The van der Waals surface area contributed by atoms with Crippen molar-refractivity contribution >= 4 is 0 Å². The number of methoxy groups -OCH3 is 1. The van der Waals surface area contributed by atoms with Crippen LogP contribution in [0.3, 0.4) is 0 Å². The van der Waals surface area contributed by atoms with E-state index in [0.29, 0.717) is 13.0 Å². The van der Waals surface area contributed by atoms with Crippen LogP contribution >= 0.6 is 0 Å². The number of halogens is 1. The van der Waals surface area contributed by atoms with Gasteiger partial charge in [-0.05, 0) is 41.8 Å². The lowest BCUT2D eigenvalue weighted by Crippen LogP contribution is -1.98. The van der Waals surface area contributed by atoms with Gasteiger partial charge in [-0.1, -0.05) is 24.3 Å². The number of ether oxygens (including phenoxy) is 2. The lowest BCUT2D eigenvalue weighted by molar-refractivity contribution is 0.290. The zero-order chi connectivity index (χ0) is 14.4. The van der Waals surface area contributed by atoms with Gasteiger partial charge in [0.1, 0.15) is 12.4 Å². The Balaban J connectivity index is 2.00. The first-order valence-electron chi connectivity index (χ1n) is 6.38. The second-order valence-corrected chi connectivity index (χ2v) is 4.39. The third-order valence-electron chi connectivity index (χ3n) is 2.93. The summed E-state index contributed by atoms with van der Waals surface area (Å²) >= 11 is 0. The Morgan fingerprint density at radius 2 is 1.80 bits per heavy atom. The molecule has 0 saturated heterocycles. The molecule has 0 aliphatic heterocycles. The lowest BCUT2D eigenvalue weighted by atomic mass is 10.1. The molecule has 0 atom stereocenters. The van der Waals surface area contributed by atoms with Gasteiger partial charge in [0, 0.05) is 0 Å². The minimum absolute atomic E-state index is 0.258. The Kier molecular flexibility index (Phi) is 4.77. The molecule has 0 fully saturated rings. The van der Waals surface area contributed by atoms with Crippen LogP contribution in [0.5, 0.6) is 11.5 Å². The Labute approximate surface area is 118 Å². The van der Waals surface area contributed by atoms with Gasteiger partial charge in [-0.15, -0.1) is 6.58 Å². The lowest BCUT2D eigenvalue weighted by Gasteiger charge is -2.09. The molecular formula is C17H17FO2. The monoisotopic (exact) mass is 272 g/mol. The zero-order valence-corrected chi connectivity index (χ0v) is 11.4. The van der Waals surface area contributed by atoms with Crippen molar-refractivity contribution in [1.82, 2.24) is 0 Å². The van der Waals surface area contributed by atoms with Crippen LogP contribution in [0.15, 0.2) is 55.1 Å². The standard InChI is InChI=1S/C17H17FO2/c1-3-4-13-7-10-17(16(18)11-13)20-12-14-5-8-15(19-2)9-6-14/h3,5-11H,1,4,12H2,2H3. The number of hydrogen-bond acceptors (Lipinski definition) is 2. The van der Waals surface area contributed by atoms with Gasteiger partial charge in [0.25, 0.3) is 0 Å². The summed E-state index contributed by atoms with van der Waals surface area (Å²) in [5.74, 6) is 0.695. The highest BCUT2D eigenvalue weighted by atomic mass is 19.1. The molecule has 2 nitrogen and oxygen atoms in total. The fourth-order valence-corrected chi connectivity index (χ4v) is 1.84. The molecule has 104 valence electrons. The van der Waals surface area contributed by atoms with Gasteiger partial charge in [0.2, 0.25) is 0 Å². The van der Waals surface area contributed by atoms with E-state index in [-0.39, 0.29) is 11.6 Å². The van der Waals surface area contributed by atoms with E-state index in [9.17, 15) is 4.39 Å². The molecule has 0 unspecified atom stereocenters. The normalized spacial score (nSPS) is 10.1. The van der Waals surface area contributed by atoms with Gasteiger partial charge in [-0.3, -0.25) is 0 Å². The minimum atomic E-state index is -0.349. The predicted molar refractivity (Wildman–Crippen MR) is 77.6 cm³/mol. The third kappa shape index (κ3) is 3.60. The molecule has 0 aromatic heterocycles. The molecule has 0 bridgehead atoms. The van der Waals surface area contributed by atoms with E-state index in [1.54, 1.807) is 19.3 Å². The highest BCUT2D eigenvalue weighted by Crippen LogP contribution is 2.20. The number of hydrogen-bond donors (Lipinski definition) is 0. The molecule has 0 aliphatic rings. The van der Waals surface area contributed by atoms with Crippen LogP contribution in [0.4, 0.5) is 4.39 Å². The fraction of sp³-hybridized carbons (Fsp3) is 0.176. The summed E-state index contributed by atoms with van der Waals surface area (Å²) in [5, 5.41) is 0. The summed E-state index contributed by atoms with van der Waals surface area (Å²) in [4.78, 5) is 0. The van der Waals surface area contributed by atoms with Crippen LogP contribution in [0.25, 0.3) is 0 Å². The molecular weight excluding hydrogens is 255 g/mol. The van der Waals surface area contributed by atoms with E-state index in [1.165, 1.54) is 6.07 Å². The molecule has 20 heavy (non-hydrogen) atoms. The maximum Gasteiger partial charge on any atom is 0.165 e. The SMILES string of the molecule is C=CCc1ccc(OCc2ccc(OC)cc2)c(F)c1. The topological polar surface area (TPSA) is 18.5 Å². The van der Waals surface area contributed by atoms with Crippen LogP contribution in [-0.4, -0.2) is 7.11 Å². The number of benzene rings is 2. The second-order valence-electron chi connectivity index (χ2n) is 4.39. The quantitative estimate of drug-likeness (QED) is 0.736. The first-order chi connectivity index (χ1) is 9.72. The van der Waals surface area contributed by atoms with Crippen molar-refractivity contribution in [2.75, 3.05) is 7.11 Å². The summed E-state index contributed by atoms with van der Waals surface area (Å²) in [5.41, 5.74) is 1.84. The predicted octanol–water partition coefficient (Wildman–Crippen LogP) is 4.14. The van der Waals surface area contributed by atoms with Gasteiger partial charge in [0.15, 0.2) is 11.6 Å². The molecule has 0 radical (unpaired) electrons. The van der Waals surface area contributed by atoms with E-state index in [2.05, 4.69) is 6.58 Å². The molecule has 0 heterocycles. The average molecular weight is 272 g/mol. The summed E-state index contributed by atoms with van der Waals surface area (Å²) < 4.78 is 24.4. The Bertz CT molecular complexity index is 576. The molecule has 0 N–H and O–H groups in total. The van der Waals surface area contributed by atoms with E-state index >= 15 is 0 Å². The smallest absolute Gasteiger partial charge is 0.165 e. The minimum Gasteiger partial charge on any atom is -0.497 e. The fourth-order valence-electron chi connectivity index (χ4n) is 1.84. The van der Waals surface area contributed by atoms with Crippen LogP contribution < -0.4 is 9.47 Å². The van der Waals surface area contributed by atoms with Crippen LogP contribution in [0.2, 0.25) is 0 Å². The Morgan fingerprint density at radius 3 is 2.40 bits per heavy atom. The van der Waals surface area contributed by atoms with Crippen LogP contribution in [-0.2, 0) is 13.0 Å². The Morgan fingerprint density at radius 1 is 1.10 bits per heavy atom. The highest BCUT2D eigenvalue weighted by Gasteiger charge is 2.05. The number of allylic oxidation sites excluding steroid dienone is 1. The molecule has 0 saturated carbocycles. The summed E-state index contributed by atoms with van der Waals surface area (Å²) in [6.45, 7) is 3.96. The molecule has 0 amide bonds. The zero-order valence-electron chi connectivity index (χ0n) is 11.4.